The van der Waals surface area contributed by atoms with Gasteiger partial charge in [0.1, 0.15) is 18.1 Å². The van der Waals surface area contributed by atoms with Gasteiger partial charge in [-0.1, -0.05) is 26.0 Å². The van der Waals surface area contributed by atoms with Crippen LogP contribution in [0.1, 0.15) is 56.3 Å². The summed E-state index contributed by atoms with van der Waals surface area (Å²) in [6.07, 6.45) is -0.131. The fraction of sp³-hybridized carbons (Fsp3) is 0.250. The highest BCUT2D eigenvalue weighted by atomic mass is 32.1. The Kier molecular flexibility index (Phi) is 12.7. The molecule has 0 saturated heterocycles. The summed E-state index contributed by atoms with van der Waals surface area (Å²) in [5.74, 6) is -1.20. The van der Waals surface area contributed by atoms with Gasteiger partial charge in [-0.2, -0.15) is 0 Å². The van der Waals surface area contributed by atoms with E-state index in [4.69, 9.17) is 20.7 Å². The predicted octanol–water partition coefficient (Wildman–Crippen LogP) is 4.18. The van der Waals surface area contributed by atoms with E-state index in [0.717, 1.165) is 21.6 Å². The fourth-order valence-electron chi connectivity index (χ4n) is 4.27. The van der Waals surface area contributed by atoms with Crippen molar-refractivity contribution in [3.8, 4) is 27.3 Å². The van der Waals surface area contributed by atoms with Crippen molar-refractivity contribution < 1.29 is 34.4 Å². The molecule has 1 aliphatic rings. The number of hydrogen-bond acceptors (Lipinski definition) is 10. The summed E-state index contributed by atoms with van der Waals surface area (Å²) in [6.45, 7) is 5.05. The molecule has 0 saturated carbocycles. The fourth-order valence-corrected chi connectivity index (χ4v) is 5.20. The summed E-state index contributed by atoms with van der Waals surface area (Å²) in [6, 6.07) is 15.4. The molecule has 0 aliphatic carbocycles. The number of carbonyl (C=O) groups excluding carboxylic acids is 2. The lowest BCUT2D eigenvalue weighted by atomic mass is 9.93. The molecule has 1 atom stereocenters. The predicted molar refractivity (Wildman–Crippen MR) is 170 cm³/mol. The number of aldehydes is 1. The van der Waals surface area contributed by atoms with Gasteiger partial charge >= 0.3 is 5.97 Å². The zero-order chi connectivity index (χ0) is 32.2. The number of benzene rings is 2. The maximum atomic E-state index is 13.5. The lowest BCUT2D eigenvalue weighted by Gasteiger charge is -2.21. The first-order chi connectivity index (χ1) is 21.3. The largest absolute Gasteiger partial charge is 0.488 e. The zero-order valence-corrected chi connectivity index (χ0v) is 25.5. The maximum absolute atomic E-state index is 13.5. The summed E-state index contributed by atoms with van der Waals surface area (Å²) in [7, 11) is 1.72. The Balaban J connectivity index is 0.000000520. The second-order valence-electron chi connectivity index (χ2n) is 9.26. The molecule has 2 aromatic heterocycles. The van der Waals surface area contributed by atoms with Crippen molar-refractivity contribution in [2.45, 2.75) is 33.1 Å². The number of aromatic nitrogens is 1. The van der Waals surface area contributed by atoms with Gasteiger partial charge in [0.05, 0.1) is 12.7 Å². The summed E-state index contributed by atoms with van der Waals surface area (Å²) < 4.78 is 5.93. The van der Waals surface area contributed by atoms with E-state index in [-0.39, 0.29) is 29.1 Å². The first-order valence-corrected chi connectivity index (χ1v) is 14.8. The third kappa shape index (κ3) is 8.13. The standard InChI is InChI=1S/C26H19N3O5S.C4H11NO2.C2H6/c27-11-14-1-3-16(4-2-14)29-25(31)20-9-21-22(34-13-15-7-8-35-24(15)21)10-19(20)18-6-5-17(12-30)28-23(18)26(32)33;1-5-2-4(7)3-6;1-2/h1-10,12H,11,13,27H2,(H,29,31)(H,32,33);4-7H,2-3H2,1H3;1-2H3. The Bertz CT molecular complexity index is 1590. The smallest absolute Gasteiger partial charge is 0.355 e. The Labute approximate surface area is 259 Å². The van der Waals surface area contributed by atoms with Crippen molar-refractivity contribution in [2.24, 2.45) is 5.73 Å². The van der Waals surface area contributed by atoms with E-state index in [2.05, 4.69) is 15.6 Å². The van der Waals surface area contributed by atoms with Gasteiger partial charge < -0.3 is 36.4 Å². The van der Waals surface area contributed by atoms with Crippen LogP contribution in [-0.2, 0) is 13.2 Å². The SMILES string of the molecule is CC.CNCC(O)CO.NCc1ccc(NC(=O)c2cc3c(cc2-c2ccc(C=O)nc2C(=O)O)OCc2ccsc2-3)cc1. The average molecular weight is 621 g/mol. The van der Waals surface area contributed by atoms with Gasteiger partial charge in [0, 0.05) is 51.5 Å². The summed E-state index contributed by atoms with van der Waals surface area (Å²) >= 11 is 1.54. The quantitative estimate of drug-likeness (QED) is 0.148. The number of carbonyl (C=O) groups is 3. The number of thiophene rings is 1. The number of rotatable bonds is 9. The second-order valence-corrected chi connectivity index (χ2v) is 10.2. The molecule has 0 radical (unpaired) electrons. The number of fused-ring (bicyclic) bond motifs is 3. The molecule has 0 spiro atoms. The minimum atomic E-state index is -1.31. The number of nitrogens with zero attached hydrogens (tertiary/aromatic N) is 1. The van der Waals surface area contributed by atoms with Crippen LogP contribution in [0.15, 0.2) is 60.0 Å². The molecule has 4 aromatic rings. The van der Waals surface area contributed by atoms with Crippen LogP contribution in [0.2, 0.25) is 0 Å². The monoisotopic (exact) mass is 620 g/mol. The van der Waals surface area contributed by atoms with E-state index in [0.29, 0.717) is 43.0 Å². The molecule has 7 N–H and O–H groups in total. The number of aliphatic hydroxyl groups excluding tert-OH is 2. The molecule has 1 amide bonds. The number of likely N-dealkylation sites (N-methyl/N-ethyl adjacent to an activating group) is 1. The van der Waals surface area contributed by atoms with Crippen LogP contribution >= 0.6 is 11.3 Å². The number of hydrogen-bond donors (Lipinski definition) is 6. The number of pyridine rings is 1. The van der Waals surface area contributed by atoms with Gasteiger partial charge in [-0.05, 0) is 60.5 Å². The number of ether oxygens (including phenoxy) is 1. The van der Waals surface area contributed by atoms with Crippen LogP contribution in [0, 0.1) is 0 Å². The molecule has 1 aliphatic heterocycles. The van der Waals surface area contributed by atoms with Crippen LogP contribution < -0.4 is 21.1 Å². The van der Waals surface area contributed by atoms with Gasteiger partial charge in [-0.3, -0.25) is 9.59 Å². The third-order valence-corrected chi connectivity index (χ3v) is 7.36. The van der Waals surface area contributed by atoms with Crippen LogP contribution in [0.4, 0.5) is 5.69 Å². The zero-order valence-electron chi connectivity index (χ0n) is 24.7. The van der Waals surface area contributed by atoms with Crippen LogP contribution in [0.3, 0.4) is 0 Å². The number of aliphatic hydroxyl groups is 2. The molecular weight excluding hydrogens is 584 g/mol. The van der Waals surface area contributed by atoms with E-state index < -0.39 is 18.0 Å². The van der Waals surface area contributed by atoms with Crippen molar-refractivity contribution in [1.82, 2.24) is 10.3 Å². The van der Waals surface area contributed by atoms with Crippen LogP contribution in [0.5, 0.6) is 5.75 Å². The molecule has 232 valence electrons. The third-order valence-electron chi connectivity index (χ3n) is 6.37. The summed E-state index contributed by atoms with van der Waals surface area (Å²) in [5.41, 5.74) is 9.36. The lowest BCUT2D eigenvalue weighted by molar-refractivity contribution is 0.0691. The Hall–Kier alpha value is -4.46. The molecule has 11 nitrogen and oxygen atoms in total. The van der Waals surface area contributed by atoms with Crippen molar-refractivity contribution in [3.63, 3.8) is 0 Å². The Morgan fingerprint density at radius 3 is 2.41 bits per heavy atom. The van der Waals surface area contributed by atoms with Gasteiger partial charge in [0.25, 0.3) is 5.91 Å². The van der Waals surface area contributed by atoms with Gasteiger partial charge in [0.2, 0.25) is 0 Å². The van der Waals surface area contributed by atoms with Crippen molar-refractivity contribution in [3.05, 3.63) is 88.1 Å². The average Bonchev–Trinajstić information content (AvgIpc) is 3.55. The second kappa shape index (κ2) is 16.4. The molecule has 2 aromatic carbocycles. The minimum Gasteiger partial charge on any atom is -0.488 e. The molecule has 12 heteroatoms. The van der Waals surface area contributed by atoms with Crippen molar-refractivity contribution >= 4 is 35.2 Å². The van der Waals surface area contributed by atoms with E-state index in [1.165, 1.54) is 12.1 Å². The topological polar surface area (TPSA) is 184 Å². The highest BCUT2D eigenvalue weighted by Gasteiger charge is 2.26. The maximum Gasteiger partial charge on any atom is 0.355 e. The molecule has 0 bridgehead atoms. The Morgan fingerprint density at radius 1 is 1.09 bits per heavy atom. The Morgan fingerprint density at radius 2 is 1.82 bits per heavy atom. The molecule has 44 heavy (non-hydrogen) atoms. The van der Waals surface area contributed by atoms with Crippen molar-refractivity contribution in [1.29, 1.82) is 0 Å². The lowest BCUT2D eigenvalue weighted by Crippen LogP contribution is -2.26. The normalized spacial score (nSPS) is 11.7. The van der Waals surface area contributed by atoms with E-state index >= 15 is 0 Å². The number of carboxylic acid groups (broad SMARTS) is 1. The highest BCUT2D eigenvalue weighted by Crippen LogP contribution is 2.44. The first-order valence-electron chi connectivity index (χ1n) is 13.9. The van der Waals surface area contributed by atoms with Crippen molar-refractivity contribution in [2.75, 3.05) is 25.5 Å². The number of aromatic carboxylic acids is 1. The molecule has 5 rings (SSSR count). The van der Waals surface area contributed by atoms with E-state index in [9.17, 15) is 19.5 Å². The van der Waals surface area contributed by atoms with E-state index in [1.807, 2.05) is 37.4 Å². The number of anilines is 1. The van der Waals surface area contributed by atoms with Crippen LogP contribution in [0.25, 0.3) is 21.6 Å². The molecule has 1 unspecified atom stereocenters. The minimum absolute atomic E-state index is 0.0189. The number of carboxylic acids is 1. The molecular formula is C32H36N4O7S. The number of nitrogens with two attached hydrogens (primary N) is 1. The highest BCUT2D eigenvalue weighted by molar-refractivity contribution is 7.13. The number of amides is 1. The van der Waals surface area contributed by atoms with Gasteiger partial charge in [0.15, 0.2) is 12.0 Å². The first kappa shape index (κ1) is 34.0. The summed E-state index contributed by atoms with van der Waals surface area (Å²) in [4.78, 5) is 41.6. The van der Waals surface area contributed by atoms with Gasteiger partial charge in [-0.25, -0.2) is 9.78 Å². The summed E-state index contributed by atoms with van der Waals surface area (Å²) in [5, 5.41) is 34.0. The number of nitrogens with one attached hydrogen (secondary N) is 2. The van der Waals surface area contributed by atoms with E-state index in [1.54, 1.807) is 42.6 Å². The van der Waals surface area contributed by atoms with Crippen LogP contribution in [-0.4, -0.2) is 64.8 Å². The van der Waals surface area contributed by atoms with Gasteiger partial charge in [-0.15, -0.1) is 11.3 Å². The molecule has 0 fully saturated rings. The molecule has 3 heterocycles.